The van der Waals surface area contributed by atoms with Crippen LogP contribution in [-0.2, 0) is 15.9 Å². The molecule has 39 heavy (non-hydrogen) atoms. The molecule has 1 heterocycles. The first-order chi connectivity index (χ1) is 19.1. The first-order valence-electron chi connectivity index (χ1n) is 14.4. The predicted octanol–water partition coefficient (Wildman–Crippen LogP) is 7.62. The lowest BCUT2D eigenvalue weighted by atomic mass is 9.72. The number of carbonyl (C=O) groups excluding carboxylic acids is 1. The molecule has 3 heteroatoms. The van der Waals surface area contributed by atoms with Crippen molar-refractivity contribution in [2.24, 2.45) is 0 Å². The average molecular weight is 517 g/mol. The summed E-state index contributed by atoms with van der Waals surface area (Å²) in [5.74, 6) is 0.245. The molecule has 0 N–H and O–H groups in total. The molecule has 1 aliphatic rings. The largest absolute Gasteiger partial charge is 0.336 e. The molecule has 4 aromatic rings. The molecule has 0 aliphatic carbocycles. The Bertz CT molecular complexity index is 1220. The molecule has 0 saturated carbocycles. The number of rotatable bonds is 9. The van der Waals surface area contributed by atoms with Gasteiger partial charge in [0.05, 0.1) is 11.1 Å². The Morgan fingerprint density at radius 3 is 1.54 bits per heavy atom. The molecular formula is C36H40N2O. The summed E-state index contributed by atoms with van der Waals surface area (Å²) < 4.78 is 0. The van der Waals surface area contributed by atoms with Gasteiger partial charge in [0.1, 0.15) is 0 Å². The smallest absolute Gasteiger partial charge is 0.223 e. The fraction of sp³-hybridized carbons (Fsp3) is 0.306. The molecule has 0 spiro atoms. The molecule has 1 fully saturated rings. The number of unbranched alkanes of at least 4 members (excludes halogenated alkanes) is 1. The number of piperidine rings is 1. The highest BCUT2D eigenvalue weighted by atomic mass is 16.2. The van der Waals surface area contributed by atoms with Crippen molar-refractivity contribution in [1.82, 2.24) is 9.80 Å². The predicted molar refractivity (Wildman–Crippen MR) is 160 cm³/mol. The molecule has 3 nitrogen and oxygen atoms in total. The first kappa shape index (κ1) is 26.9. The van der Waals surface area contributed by atoms with E-state index in [4.69, 9.17) is 0 Å². The van der Waals surface area contributed by atoms with Gasteiger partial charge in [-0.1, -0.05) is 135 Å². The van der Waals surface area contributed by atoms with Gasteiger partial charge in [-0.2, -0.15) is 0 Å². The first-order valence-corrected chi connectivity index (χ1v) is 14.4. The average Bonchev–Trinajstić information content (AvgIpc) is 3.02. The molecule has 1 amide bonds. The maximum absolute atomic E-state index is 13.4. The van der Waals surface area contributed by atoms with Crippen molar-refractivity contribution in [3.63, 3.8) is 0 Å². The van der Waals surface area contributed by atoms with E-state index in [0.29, 0.717) is 6.42 Å². The van der Waals surface area contributed by atoms with E-state index < -0.39 is 5.54 Å². The highest BCUT2D eigenvalue weighted by Crippen LogP contribution is 2.47. The number of benzene rings is 4. The molecule has 1 saturated heterocycles. The lowest BCUT2D eigenvalue weighted by Gasteiger charge is -2.53. The number of hydrogen-bond donors (Lipinski definition) is 0. The van der Waals surface area contributed by atoms with Crippen LogP contribution in [0.2, 0.25) is 0 Å². The van der Waals surface area contributed by atoms with Crippen LogP contribution in [0.1, 0.15) is 61.3 Å². The standard InChI is InChI=1S/C36H40N2O/c1-3-4-25-34(39)37(2)35(30-17-9-5-10-18-30)26-28-38(29-27-35)36(31-19-11-6-12-20-31,32-21-13-7-14-22-32)33-23-15-8-16-24-33/h5-24H,3-4,25-29H2,1-2H3. The van der Waals surface area contributed by atoms with E-state index >= 15 is 0 Å². The SMILES string of the molecule is CCCCC(=O)N(C)C1(c2ccccc2)CCN(C(c2ccccc2)(c2ccccc2)c2ccccc2)CC1. The maximum Gasteiger partial charge on any atom is 0.223 e. The van der Waals surface area contributed by atoms with Crippen LogP contribution in [0.15, 0.2) is 121 Å². The molecule has 200 valence electrons. The Labute approximate surface area is 234 Å². The number of carbonyl (C=O) groups is 1. The zero-order valence-corrected chi connectivity index (χ0v) is 23.3. The number of hydrogen-bond acceptors (Lipinski definition) is 2. The highest BCUT2D eigenvalue weighted by molar-refractivity contribution is 5.77. The molecule has 0 unspecified atom stereocenters. The van der Waals surface area contributed by atoms with Crippen LogP contribution in [0.3, 0.4) is 0 Å². The summed E-state index contributed by atoms with van der Waals surface area (Å²) >= 11 is 0. The van der Waals surface area contributed by atoms with Crippen LogP contribution in [-0.4, -0.2) is 35.8 Å². The number of likely N-dealkylation sites (tertiary alicyclic amines) is 1. The van der Waals surface area contributed by atoms with E-state index in [0.717, 1.165) is 38.8 Å². The van der Waals surface area contributed by atoms with E-state index in [1.54, 1.807) is 0 Å². The monoisotopic (exact) mass is 516 g/mol. The van der Waals surface area contributed by atoms with Crippen molar-refractivity contribution in [3.05, 3.63) is 144 Å². The van der Waals surface area contributed by atoms with Crippen molar-refractivity contribution in [3.8, 4) is 0 Å². The quantitative estimate of drug-likeness (QED) is 0.214. The summed E-state index contributed by atoms with van der Waals surface area (Å²) in [7, 11) is 2.03. The van der Waals surface area contributed by atoms with Gasteiger partial charge in [0.2, 0.25) is 5.91 Å². The summed E-state index contributed by atoms with van der Waals surface area (Å²) in [6.07, 6.45) is 4.31. The molecule has 5 rings (SSSR count). The van der Waals surface area contributed by atoms with Crippen LogP contribution >= 0.6 is 0 Å². The second-order valence-corrected chi connectivity index (χ2v) is 10.7. The summed E-state index contributed by atoms with van der Waals surface area (Å²) in [5, 5.41) is 0. The summed E-state index contributed by atoms with van der Waals surface area (Å²) in [5.41, 5.74) is 4.28. The molecule has 4 aromatic carbocycles. The summed E-state index contributed by atoms with van der Waals surface area (Å²) in [6, 6.07) is 43.4. The third-order valence-corrected chi connectivity index (χ3v) is 8.71. The lowest BCUT2D eigenvalue weighted by Crippen LogP contribution is -2.58. The molecular weight excluding hydrogens is 476 g/mol. The van der Waals surface area contributed by atoms with Crippen LogP contribution in [0.4, 0.5) is 0 Å². The number of nitrogens with zero attached hydrogens (tertiary/aromatic N) is 2. The Hall–Kier alpha value is -3.69. The highest BCUT2D eigenvalue weighted by Gasteiger charge is 2.48. The Balaban J connectivity index is 1.60. The van der Waals surface area contributed by atoms with Crippen LogP contribution in [0.25, 0.3) is 0 Å². The van der Waals surface area contributed by atoms with Gasteiger partial charge in [-0.15, -0.1) is 0 Å². The Kier molecular flexibility index (Phi) is 8.28. The fourth-order valence-electron chi connectivity index (χ4n) is 6.60. The van der Waals surface area contributed by atoms with Gasteiger partial charge < -0.3 is 4.90 Å². The topological polar surface area (TPSA) is 23.6 Å². The molecule has 0 radical (unpaired) electrons. The van der Waals surface area contributed by atoms with Gasteiger partial charge >= 0.3 is 0 Å². The third kappa shape index (κ3) is 5.04. The second-order valence-electron chi connectivity index (χ2n) is 10.7. The van der Waals surface area contributed by atoms with Gasteiger partial charge in [0.15, 0.2) is 0 Å². The lowest BCUT2D eigenvalue weighted by molar-refractivity contribution is -0.139. The van der Waals surface area contributed by atoms with Gasteiger partial charge in [0.25, 0.3) is 0 Å². The minimum absolute atomic E-state index is 0.245. The zero-order chi connectivity index (χ0) is 27.1. The number of amides is 1. The van der Waals surface area contributed by atoms with E-state index in [2.05, 4.69) is 138 Å². The second kappa shape index (κ2) is 12.0. The maximum atomic E-state index is 13.4. The fourth-order valence-corrected chi connectivity index (χ4v) is 6.60. The van der Waals surface area contributed by atoms with E-state index in [1.807, 2.05) is 7.05 Å². The molecule has 1 aliphatic heterocycles. The van der Waals surface area contributed by atoms with Crippen LogP contribution in [0, 0.1) is 0 Å². The molecule has 0 atom stereocenters. The molecule has 0 aromatic heterocycles. The van der Waals surface area contributed by atoms with E-state index in [-0.39, 0.29) is 11.4 Å². The normalized spacial score (nSPS) is 15.5. The Morgan fingerprint density at radius 2 is 1.13 bits per heavy atom. The summed E-state index contributed by atoms with van der Waals surface area (Å²) in [4.78, 5) is 18.2. The van der Waals surface area contributed by atoms with E-state index in [1.165, 1.54) is 22.3 Å². The van der Waals surface area contributed by atoms with Crippen molar-refractivity contribution < 1.29 is 4.79 Å². The van der Waals surface area contributed by atoms with Crippen molar-refractivity contribution in [2.75, 3.05) is 20.1 Å². The van der Waals surface area contributed by atoms with Crippen LogP contribution in [0.5, 0.6) is 0 Å². The summed E-state index contributed by atoms with van der Waals surface area (Å²) in [6.45, 7) is 3.87. The van der Waals surface area contributed by atoms with Gasteiger partial charge in [-0.05, 0) is 41.5 Å². The zero-order valence-electron chi connectivity index (χ0n) is 23.3. The Morgan fingerprint density at radius 1 is 0.718 bits per heavy atom. The van der Waals surface area contributed by atoms with Crippen LogP contribution < -0.4 is 0 Å². The minimum Gasteiger partial charge on any atom is -0.336 e. The van der Waals surface area contributed by atoms with Gasteiger partial charge in [-0.3, -0.25) is 9.69 Å². The van der Waals surface area contributed by atoms with Gasteiger partial charge in [0, 0.05) is 26.6 Å². The van der Waals surface area contributed by atoms with Crippen molar-refractivity contribution in [2.45, 2.75) is 50.1 Å². The van der Waals surface area contributed by atoms with Crippen molar-refractivity contribution in [1.29, 1.82) is 0 Å². The minimum atomic E-state index is -0.433. The van der Waals surface area contributed by atoms with Crippen molar-refractivity contribution >= 4 is 5.91 Å². The van der Waals surface area contributed by atoms with E-state index in [9.17, 15) is 4.79 Å². The molecule has 0 bridgehead atoms. The van der Waals surface area contributed by atoms with Gasteiger partial charge in [-0.25, -0.2) is 0 Å². The third-order valence-electron chi connectivity index (χ3n) is 8.71.